The minimum Gasteiger partial charge on any atom is -0.337 e. The molecular weight excluding hydrogens is 224 g/mol. The molecule has 2 heterocycles. The molecule has 1 saturated heterocycles. The molecular formula is C11H18N2S2. The Morgan fingerprint density at radius 1 is 1.60 bits per heavy atom. The van der Waals surface area contributed by atoms with E-state index in [0.29, 0.717) is 4.08 Å². The Kier molecular flexibility index (Phi) is 3.67. The molecule has 1 aliphatic heterocycles. The largest absolute Gasteiger partial charge is 0.337 e. The van der Waals surface area contributed by atoms with Gasteiger partial charge in [-0.3, -0.25) is 0 Å². The lowest BCUT2D eigenvalue weighted by molar-refractivity contribution is 0.621. The molecule has 0 N–H and O–H groups in total. The summed E-state index contributed by atoms with van der Waals surface area (Å²) < 4.78 is 2.59. The van der Waals surface area contributed by atoms with E-state index in [1.165, 1.54) is 18.6 Å². The van der Waals surface area contributed by atoms with Crippen molar-refractivity contribution in [3.8, 4) is 0 Å². The normalized spacial score (nSPS) is 30.9. The third-order valence-electron chi connectivity index (χ3n) is 2.83. The first kappa shape index (κ1) is 11.4. The lowest BCUT2D eigenvalue weighted by Gasteiger charge is -2.22. The maximum Gasteiger partial charge on any atom is 0.0945 e. The molecule has 84 valence electrons. The van der Waals surface area contributed by atoms with Gasteiger partial charge >= 0.3 is 0 Å². The summed E-state index contributed by atoms with van der Waals surface area (Å²) in [5, 5.41) is 0.864. The van der Waals surface area contributed by atoms with Crippen LogP contribution in [0.5, 0.6) is 0 Å². The number of hydrogen-bond acceptors (Lipinski definition) is 3. The van der Waals surface area contributed by atoms with E-state index in [4.69, 9.17) is 0 Å². The van der Waals surface area contributed by atoms with Crippen LogP contribution in [0.2, 0.25) is 0 Å². The molecule has 2 atom stereocenters. The van der Waals surface area contributed by atoms with Gasteiger partial charge in [0.1, 0.15) is 0 Å². The molecule has 2 nitrogen and oxygen atoms in total. The van der Waals surface area contributed by atoms with Gasteiger partial charge in [0.05, 0.1) is 10.4 Å². The van der Waals surface area contributed by atoms with Crippen molar-refractivity contribution in [2.45, 2.75) is 42.6 Å². The predicted molar refractivity (Wildman–Crippen MR) is 69.4 cm³/mol. The van der Waals surface area contributed by atoms with Crippen LogP contribution < -0.4 is 0 Å². The summed E-state index contributed by atoms with van der Waals surface area (Å²) in [7, 11) is 0. The van der Waals surface area contributed by atoms with Gasteiger partial charge in [-0.2, -0.15) is 0 Å². The fourth-order valence-corrected chi connectivity index (χ4v) is 5.22. The van der Waals surface area contributed by atoms with Gasteiger partial charge in [-0.25, -0.2) is 4.98 Å². The van der Waals surface area contributed by atoms with Gasteiger partial charge in [-0.05, 0) is 19.8 Å². The molecule has 1 fully saturated rings. The molecule has 1 aliphatic rings. The van der Waals surface area contributed by atoms with E-state index in [1.54, 1.807) is 0 Å². The van der Waals surface area contributed by atoms with E-state index in [1.807, 2.05) is 18.7 Å². The van der Waals surface area contributed by atoms with Crippen molar-refractivity contribution in [3.05, 3.63) is 18.7 Å². The van der Waals surface area contributed by atoms with Gasteiger partial charge in [0.2, 0.25) is 0 Å². The highest BCUT2D eigenvalue weighted by Crippen LogP contribution is 2.50. The van der Waals surface area contributed by atoms with Crippen LogP contribution in [0.1, 0.15) is 26.7 Å². The molecule has 0 aliphatic carbocycles. The van der Waals surface area contributed by atoms with Crippen LogP contribution in [0.15, 0.2) is 18.7 Å². The van der Waals surface area contributed by atoms with Crippen molar-refractivity contribution in [2.75, 3.05) is 5.75 Å². The maximum absolute atomic E-state index is 4.07. The summed E-state index contributed by atoms with van der Waals surface area (Å²) in [6.07, 6.45) is 8.34. The second kappa shape index (κ2) is 4.83. The molecule has 0 radical (unpaired) electrons. The van der Waals surface area contributed by atoms with Gasteiger partial charge in [0.25, 0.3) is 0 Å². The molecule has 15 heavy (non-hydrogen) atoms. The third kappa shape index (κ3) is 2.94. The van der Waals surface area contributed by atoms with E-state index in [2.05, 4.69) is 46.9 Å². The van der Waals surface area contributed by atoms with Crippen molar-refractivity contribution in [1.29, 1.82) is 0 Å². The number of thioether (sulfide) groups is 2. The zero-order valence-electron chi connectivity index (χ0n) is 9.35. The highest BCUT2D eigenvalue weighted by Gasteiger charge is 2.35. The average Bonchev–Trinajstić information content (AvgIpc) is 2.84. The second-order valence-corrected chi connectivity index (χ2v) is 7.73. The number of hydrogen-bond donors (Lipinski definition) is 0. The second-order valence-electron chi connectivity index (χ2n) is 4.14. The molecule has 1 aromatic rings. The molecule has 0 aromatic carbocycles. The van der Waals surface area contributed by atoms with E-state index < -0.39 is 0 Å². The Hall–Kier alpha value is -0.0900. The Labute approximate surface area is 100 Å². The Morgan fingerprint density at radius 3 is 3.07 bits per heavy atom. The summed E-state index contributed by atoms with van der Waals surface area (Å²) in [5.41, 5.74) is 0. The van der Waals surface area contributed by atoms with Crippen molar-refractivity contribution in [3.63, 3.8) is 0 Å². The maximum atomic E-state index is 4.07. The number of nitrogens with zero attached hydrogens (tertiary/aromatic N) is 2. The number of imidazole rings is 1. The molecule has 1 aromatic heterocycles. The van der Waals surface area contributed by atoms with Crippen molar-refractivity contribution in [2.24, 2.45) is 0 Å². The Balaban J connectivity index is 1.84. The zero-order chi connectivity index (χ0) is 10.7. The molecule has 0 bridgehead atoms. The third-order valence-corrected chi connectivity index (χ3v) is 6.60. The first-order chi connectivity index (χ1) is 7.22. The van der Waals surface area contributed by atoms with Crippen molar-refractivity contribution >= 4 is 23.5 Å². The SMILES string of the molecule is CCC1CSC(C)(CCn2ccnc2)S1. The molecule has 2 rings (SSSR count). The van der Waals surface area contributed by atoms with Crippen molar-refractivity contribution < 1.29 is 0 Å². The van der Waals surface area contributed by atoms with Crippen LogP contribution in [0.3, 0.4) is 0 Å². The molecule has 0 spiro atoms. The van der Waals surface area contributed by atoms with Gasteiger partial charge in [0, 0.05) is 29.9 Å². The lowest BCUT2D eigenvalue weighted by Crippen LogP contribution is -2.15. The number of aryl methyl sites for hydroxylation is 1. The monoisotopic (exact) mass is 242 g/mol. The first-order valence-electron chi connectivity index (χ1n) is 5.49. The highest BCUT2D eigenvalue weighted by molar-refractivity contribution is 8.21. The van der Waals surface area contributed by atoms with E-state index in [0.717, 1.165) is 11.8 Å². The fourth-order valence-electron chi connectivity index (χ4n) is 1.77. The minimum absolute atomic E-state index is 0.422. The van der Waals surface area contributed by atoms with Crippen molar-refractivity contribution in [1.82, 2.24) is 9.55 Å². The molecule has 0 amide bonds. The van der Waals surface area contributed by atoms with Crippen LogP contribution in [0.4, 0.5) is 0 Å². The Bertz CT molecular complexity index is 300. The van der Waals surface area contributed by atoms with Crippen LogP contribution in [0.25, 0.3) is 0 Å². The lowest BCUT2D eigenvalue weighted by atomic mass is 10.3. The van der Waals surface area contributed by atoms with Crippen LogP contribution >= 0.6 is 23.5 Å². The minimum atomic E-state index is 0.422. The van der Waals surface area contributed by atoms with Crippen LogP contribution in [-0.4, -0.2) is 24.6 Å². The summed E-state index contributed by atoms with van der Waals surface area (Å²) >= 11 is 4.29. The number of aromatic nitrogens is 2. The smallest absolute Gasteiger partial charge is 0.0945 e. The fraction of sp³-hybridized carbons (Fsp3) is 0.727. The molecule has 2 unspecified atom stereocenters. The van der Waals surface area contributed by atoms with E-state index in [9.17, 15) is 0 Å². The highest BCUT2D eigenvalue weighted by atomic mass is 32.2. The summed E-state index contributed by atoms with van der Waals surface area (Å²) in [4.78, 5) is 4.07. The topological polar surface area (TPSA) is 17.8 Å². The standard InChI is InChI=1S/C11H18N2S2/c1-3-10-8-14-11(2,15-10)4-6-13-7-5-12-9-13/h5,7,9-10H,3-4,6,8H2,1-2H3. The van der Waals surface area contributed by atoms with Gasteiger partial charge in [-0.15, -0.1) is 23.5 Å². The van der Waals surface area contributed by atoms with E-state index >= 15 is 0 Å². The first-order valence-corrected chi connectivity index (χ1v) is 7.36. The molecule has 0 saturated carbocycles. The summed E-state index contributed by atoms with van der Waals surface area (Å²) in [5.74, 6) is 1.32. The van der Waals surface area contributed by atoms with E-state index in [-0.39, 0.29) is 0 Å². The summed E-state index contributed by atoms with van der Waals surface area (Å²) in [6.45, 7) is 5.77. The van der Waals surface area contributed by atoms with Crippen LogP contribution in [-0.2, 0) is 6.54 Å². The zero-order valence-corrected chi connectivity index (χ0v) is 11.0. The van der Waals surface area contributed by atoms with Gasteiger partial charge in [0.15, 0.2) is 0 Å². The summed E-state index contributed by atoms with van der Waals surface area (Å²) in [6, 6.07) is 0. The molecule has 4 heteroatoms. The number of rotatable bonds is 4. The van der Waals surface area contributed by atoms with Gasteiger partial charge in [-0.1, -0.05) is 6.92 Å². The quantitative estimate of drug-likeness (QED) is 0.807. The van der Waals surface area contributed by atoms with Gasteiger partial charge < -0.3 is 4.57 Å². The average molecular weight is 242 g/mol. The Morgan fingerprint density at radius 2 is 2.47 bits per heavy atom. The predicted octanol–water partition coefficient (Wildman–Crippen LogP) is 3.25. The van der Waals surface area contributed by atoms with Crippen LogP contribution in [0, 0.1) is 0 Å².